The highest BCUT2D eigenvalue weighted by atomic mass is 16.5. The summed E-state index contributed by atoms with van der Waals surface area (Å²) in [7, 11) is 4.48. The van der Waals surface area contributed by atoms with E-state index in [0.717, 1.165) is 5.56 Å². The number of nitrogens with zero attached hydrogens (tertiary/aromatic N) is 1. The maximum atomic E-state index is 12.4. The summed E-state index contributed by atoms with van der Waals surface area (Å²) in [6.45, 7) is 2.45. The van der Waals surface area contributed by atoms with E-state index in [1.165, 1.54) is 27.5 Å². The number of benzene rings is 2. The average molecular weight is 358 g/mol. The van der Waals surface area contributed by atoms with E-state index < -0.39 is 5.91 Å². The van der Waals surface area contributed by atoms with Crippen molar-refractivity contribution >= 4 is 12.1 Å². The Hall–Kier alpha value is -3.22. The van der Waals surface area contributed by atoms with Crippen LogP contribution in [-0.2, 0) is 0 Å². The van der Waals surface area contributed by atoms with Gasteiger partial charge in [0.25, 0.3) is 5.91 Å². The predicted molar refractivity (Wildman–Crippen MR) is 98.8 cm³/mol. The summed E-state index contributed by atoms with van der Waals surface area (Å²) in [5.41, 5.74) is 3.57. The summed E-state index contributed by atoms with van der Waals surface area (Å²) in [6.07, 6.45) is 1.53. The molecule has 0 radical (unpaired) electrons. The van der Waals surface area contributed by atoms with Crippen molar-refractivity contribution in [3.8, 4) is 23.0 Å². The first-order chi connectivity index (χ1) is 12.6. The number of hydrazone groups is 1. The van der Waals surface area contributed by atoms with Crippen LogP contribution in [0.25, 0.3) is 0 Å². The normalized spacial score (nSPS) is 10.5. The van der Waals surface area contributed by atoms with Gasteiger partial charge in [-0.15, -0.1) is 0 Å². The smallest absolute Gasteiger partial charge is 0.271 e. The summed E-state index contributed by atoms with van der Waals surface area (Å²) in [4.78, 5) is 12.4. The number of hydrogen-bond acceptors (Lipinski definition) is 6. The molecule has 0 saturated carbocycles. The SMILES string of the molecule is CCOc1ccccc1/C=N/NC(=O)c1cc(OC)c(OC)c(OC)c1. The molecule has 1 N–H and O–H groups in total. The van der Waals surface area contributed by atoms with Crippen LogP contribution >= 0.6 is 0 Å². The van der Waals surface area contributed by atoms with Gasteiger partial charge in [0.05, 0.1) is 34.2 Å². The van der Waals surface area contributed by atoms with Crippen molar-refractivity contribution in [3.63, 3.8) is 0 Å². The van der Waals surface area contributed by atoms with Gasteiger partial charge in [0.2, 0.25) is 5.75 Å². The first-order valence-corrected chi connectivity index (χ1v) is 7.99. The Labute approximate surface area is 152 Å². The Morgan fingerprint density at radius 2 is 1.69 bits per heavy atom. The zero-order valence-corrected chi connectivity index (χ0v) is 15.2. The second-order valence-electron chi connectivity index (χ2n) is 5.08. The minimum atomic E-state index is -0.408. The molecule has 1 amide bonds. The largest absolute Gasteiger partial charge is 0.493 e. The predicted octanol–water partition coefficient (Wildman–Crippen LogP) is 2.88. The lowest BCUT2D eigenvalue weighted by molar-refractivity contribution is 0.0954. The van der Waals surface area contributed by atoms with E-state index in [2.05, 4.69) is 10.5 Å². The van der Waals surface area contributed by atoms with E-state index in [9.17, 15) is 4.79 Å². The fourth-order valence-corrected chi connectivity index (χ4v) is 2.31. The molecule has 0 aliphatic carbocycles. The van der Waals surface area contributed by atoms with Gasteiger partial charge in [0.15, 0.2) is 11.5 Å². The standard InChI is InChI=1S/C19H22N2O5/c1-5-26-15-9-7-6-8-13(15)12-20-21-19(22)14-10-16(23-2)18(25-4)17(11-14)24-3/h6-12H,5H2,1-4H3,(H,21,22)/b20-12+. The third-order valence-corrected chi connectivity index (χ3v) is 3.52. The molecule has 0 spiro atoms. The molecule has 0 fully saturated rings. The molecule has 7 nitrogen and oxygen atoms in total. The molecule has 0 bridgehead atoms. The summed E-state index contributed by atoms with van der Waals surface area (Å²) in [5, 5.41) is 4.00. The maximum Gasteiger partial charge on any atom is 0.271 e. The monoisotopic (exact) mass is 358 g/mol. The molecular weight excluding hydrogens is 336 g/mol. The molecular formula is C19H22N2O5. The molecule has 2 aromatic rings. The lowest BCUT2D eigenvalue weighted by Crippen LogP contribution is -2.18. The van der Waals surface area contributed by atoms with Crippen LogP contribution in [0.15, 0.2) is 41.5 Å². The van der Waals surface area contributed by atoms with Crippen LogP contribution in [0, 0.1) is 0 Å². The molecule has 26 heavy (non-hydrogen) atoms. The first kappa shape index (κ1) is 19.1. The molecule has 0 atom stereocenters. The number of rotatable bonds is 8. The van der Waals surface area contributed by atoms with Crippen LogP contribution in [0.4, 0.5) is 0 Å². The number of carbonyl (C=O) groups is 1. The zero-order valence-electron chi connectivity index (χ0n) is 15.2. The van der Waals surface area contributed by atoms with E-state index in [-0.39, 0.29) is 0 Å². The molecule has 0 aliphatic heterocycles. The summed E-state index contributed by atoms with van der Waals surface area (Å²) in [5.74, 6) is 1.49. The number of ether oxygens (including phenoxy) is 4. The van der Waals surface area contributed by atoms with Crippen molar-refractivity contribution in [1.29, 1.82) is 0 Å². The van der Waals surface area contributed by atoms with Gasteiger partial charge < -0.3 is 18.9 Å². The Morgan fingerprint density at radius 1 is 1.04 bits per heavy atom. The van der Waals surface area contributed by atoms with E-state index in [1.807, 2.05) is 31.2 Å². The van der Waals surface area contributed by atoms with Gasteiger partial charge in [0, 0.05) is 11.1 Å². The Balaban J connectivity index is 2.18. The fourth-order valence-electron chi connectivity index (χ4n) is 2.31. The van der Waals surface area contributed by atoms with E-state index in [1.54, 1.807) is 12.1 Å². The minimum absolute atomic E-state index is 0.328. The van der Waals surface area contributed by atoms with Crippen molar-refractivity contribution in [2.75, 3.05) is 27.9 Å². The lowest BCUT2D eigenvalue weighted by Gasteiger charge is -2.13. The van der Waals surface area contributed by atoms with Crippen LogP contribution in [0.3, 0.4) is 0 Å². The van der Waals surface area contributed by atoms with Gasteiger partial charge >= 0.3 is 0 Å². The number of nitrogens with one attached hydrogen (secondary N) is 1. The van der Waals surface area contributed by atoms with Crippen LogP contribution in [0.5, 0.6) is 23.0 Å². The summed E-state index contributed by atoms with van der Waals surface area (Å²) in [6, 6.07) is 10.5. The van der Waals surface area contributed by atoms with Crippen LogP contribution in [0.1, 0.15) is 22.8 Å². The summed E-state index contributed by atoms with van der Waals surface area (Å²) >= 11 is 0. The van der Waals surface area contributed by atoms with Gasteiger partial charge in [-0.1, -0.05) is 12.1 Å². The fraction of sp³-hybridized carbons (Fsp3) is 0.263. The Bertz CT molecular complexity index is 764. The van der Waals surface area contributed by atoms with Gasteiger partial charge in [-0.2, -0.15) is 5.10 Å². The van der Waals surface area contributed by atoms with Crippen molar-refractivity contribution in [3.05, 3.63) is 47.5 Å². The van der Waals surface area contributed by atoms with E-state index >= 15 is 0 Å². The minimum Gasteiger partial charge on any atom is -0.493 e. The highest BCUT2D eigenvalue weighted by molar-refractivity contribution is 5.96. The van der Waals surface area contributed by atoms with E-state index in [0.29, 0.717) is 35.2 Å². The molecule has 7 heteroatoms. The number of hydrogen-bond donors (Lipinski definition) is 1. The zero-order chi connectivity index (χ0) is 18.9. The third kappa shape index (κ3) is 4.44. The highest BCUT2D eigenvalue weighted by Crippen LogP contribution is 2.38. The van der Waals surface area contributed by atoms with Gasteiger partial charge in [0.1, 0.15) is 5.75 Å². The Morgan fingerprint density at radius 3 is 2.27 bits per heavy atom. The molecule has 2 rings (SSSR count). The highest BCUT2D eigenvalue weighted by Gasteiger charge is 2.16. The van der Waals surface area contributed by atoms with Crippen molar-refractivity contribution < 1.29 is 23.7 Å². The van der Waals surface area contributed by atoms with E-state index in [4.69, 9.17) is 18.9 Å². The second-order valence-corrected chi connectivity index (χ2v) is 5.08. The Kier molecular flexibility index (Phi) is 6.84. The molecule has 0 heterocycles. The molecule has 0 aromatic heterocycles. The van der Waals surface area contributed by atoms with Crippen molar-refractivity contribution in [2.24, 2.45) is 5.10 Å². The first-order valence-electron chi connectivity index (χ1n) is 7.99. The van der Waals surface area contributed by atoms with Gasteiger partial charge in [-0.05, 0) is 31.2 Å². The number of carbonyl (C=O) groups excluding carboxylic acids is 1. The maximum absolute atomic E-state index is 12.4. The third-order valence-electron chi connectivity index (χ3n) is 3.52. The molecule has 138 valence electrons. The summed E-state index contributed by atoms with van der Waals surface area (Å²) < 4.78 is 21.2. The molecule has 0 unspecified atom stereocenters. The number of amides is 1. The van der Waals surface area contributed by atoms with Crippen LogP contribution in [0.2, 0.25) is 0 Å². The molecule has 0 saturated heterocycles. The number of para-hydroxylation sites is 1. The lowest BCUT2D eigenvalue weighted by atomic mass is 10.1. The van der Waals surface area contributed by atoms with Gasteiger partial charge in [-0.25, -0.2) is 5.43 Å². The second kappa shape index (κ2) is 9.31. The van der Waals surface area contributed by atoms with Gasteiger partial charge in [-0.3, -0.25) is 4.79 Å². The van der Waals surface area contributed by atoms with Crippen LogP contribution in [-0.4, -0.2) is 40.1 Å². The quantitative estimate of drug-likeness (QED) is 0.580. The topological polar surface area (TPSA) is 78.4 Å². The molecule has 0 aliphatic rings. The van der Waals surface area contributed by atoms with Crippen molar-refractivity contribution in [2.45, 2.75) is 6.92 Å². The average Bonchev–Trinajstić information content (AvgIpc) is 2.68. The number of methoxy groups -OCH3 is 3. The van der Waals surface area contributed by atoms with Crippen molar-refractivity contribution in [1.82, 2.24) is 5.43 Å². The van der Waals surface area contributed by atoms with Crippen LogP contribution < -0.4 is 24.4 Å². The molecule has 2 aromatic carbocycles.